The molecule has 8 atom stereocenters. The highest BCUT2D eigenvalue weighted by Gasteiger charge is 2.35. The number of carboxylic acid groups (broad SMARTS) is 1. The molecule has 0 unspecified atom stereocenters. The summed E-state index contributed by atoms with van der Waals surface area (Å²) >= 11 is 0. The van der Waals surface area contributed by atoms with E-state index in [0.29, 0.717) is 51.6 Å². The Bertz CT molecular complexity index is 2790. The van der Waals surface area contributed by atoms with E-state index in [1.807, 2.05) is 107 Å². The topological polar surface area (TPSA) is 279 Å². The van der Waals surface area contributed by atoms with Crippen molar-refractivity contribution in [3.05, 3.63) is 107 Å². The van der Waals surface area contributed by atoms with E-state index in [0.717, 1.165) is 44.8 Å². The molecule has 6 heterocycles. The lowest BCUT2D eigenvalue weighted by Gasteiger charge is -2.35. The van der Waals surface area contributed by atoms with Crippen molar-refractivity contribution in [3.63, 3.8) is 0 Å². The van der Waals surface area contributed by atoms with Crippen LogP contribution in [0.3, 0.4) is 0 Å². The van der Waals surface area contributed by atoms with Crippen LogP contribution in [-0.2, 0) is 55.9 Å². The number of aromatic nitrogens is 2. The molecule has 432 valence electrons. The second-order valence-electron chi connectivity index (χ2n) is 21.4. The van der Waals surface area contributed by atoms with Crippen LogP contribution in [0.25, 0.3) is 22.5 Å². The van der Waals surface area contributed by atoms with Crippen LogP contribution in [0, 0.1) is 17.8 Å². The molecule has 2 saturated heterocycles. The first-order chi connectivity index (χ1) is 37.6. The van der Waals surface area contributed by atoms with Crippen molar-refractivity contribution < 1.29 is 53.3 Å². The molecule has 5 amide bonds. The summed E-state index contributed by atoms with van der Waals surface area (Å²) in [6, 6.07) is 18.8. The highest BCUT2D eigenvalue weighted by Crippen LogP contribution is 2.27. The molecule has 2 fully saturated rings. The number of aryl methyl sites for hydroxylation is 2. The molecule has 8 rings (SSSR count). The van der Waals surface area contributed by atoms with Gasteiger partial charge in [0.2, 0.25) is 17.7 Å². The zero-order valence-corrected chi connectivity index (χ0v) is 46.5. The van der Waals surface area contributed by atoms with Gasteiger partial charge in [0.1, 0.15) is 42.1 Å². The number of benzene rings is 2. The number of carbonyl (C=O) groups is 8. The van der Waals surface area contributed by atoms with Gasteiger partial charge in [-0.2, -0.15) is 0 Å². The number of fused-ring (bicyclic) bond motifs is 12. The van der Waals surface area contributed by atoms with E-state index >= 15 is 0 Å². The van der Waals surface area contributed by atoms with Gasteiger partial charge < -0.3 is 30.9 Å². The number of nitrogens with one attached hydrogen (secondary N) is 5. The van der Waals surface area contributed by atoms with Crippen molar-refractivity contribution in [2.75, 3.05) is 13.1 Å². The number of ketones is 1. The lowest BCUT2D eigenvalue weighted by atomic mass is 9.88. The Hall–Kier alpha value is -7.42. The SMILES string of the molecule is C.CC(C)[C@@H]1NC(=O)CCc2ccc(nc2)-c2cccc(c2)[C@@H](C)OC(=O)[C@@H]2CCCN(N2)C(=O)[C@H](C)NC1=O.CC(C)[C@H](CC(=O)CCc1ccc(-c2cccc([C@@H](C)O)c2)nc1)C(=O)N[C@@H](C)C(=O)N1CCC[C@@H](C(=O)O)N1. The number of Topliss-reactive ketones (excluding diaryl/α,β-unsaturated/α-hetero) is 1. The van der Waals surface area contributed by atoms with Gasteiger partial charge in [0.05, 0.1) is 17.5 Å². The number of amides is 5. The minimum absolute atomic E-state index is 0. The standard InChI is InChI=1S/C30H40N4O6.C29H37N5O5.CH4/c1-18(2)25(28(37)32-19(3)29(38)34-14-6-9-27(33-34)30(39)40)16-24(36)12-10-21-11-13-26(31-17-21)23-8-5-7-22(15-23)20(4)35;1-17(2)26-27(36)31-18(3)28(37)34-14-6-9-24(33-34)29(38)39-19(4)21-7-5-8-22(15-21)23-12-10-20(16-30-23)11-13-25(35)32-26;/h5,7-8,11,13,15,17-20,25,27,33,35H,6,9-10,12,14,16H2,1-4H3,(H,32,37)(H,39,40);5,7-8,10,12,15-19,24,26,33H,6,9,11,13-14H2,1-4H3,(H,31,36)(H,32,35);1H4/t19-,20+,25-,27-;18-,19+,24-,26-;/m00./s1. The second kappa shape index (κ2) is 29.7. The van der Waals surface area contributed by atoms with Crippen LogP contribution in [-0.4, -0.2) is 121 Å². The smallest absolute Gasteiger partial charge is 0.325 e. The molecule has 2 aromatic carbocycles. The predicted molar refractivity (Wildman–Crippen MR) is 301 cm³/mol. The number of nitrogens with zero attached hydrogens (tertiary/aromatic N) is 4. The summed E-state index contributed by atoms with van der Waals surface area (Å²) in [5.74, 6) is -4.27. The van der Waals surface area contributed by atoms with Gasteiger partial charge in [-0.15, -0.1) is 0 Å². The van der Waals surface area contributed by atoms with Gasteiger partial charge in [0, 0.05) is 61.8 Å². The maximum atomic E-state index is 13.1. The number of aliphatic carboxylic acids is 1. The fraction of sp³-hybridized carbons (Fsp3) is 0.500. The number of aliphatic hydroxyl groups is 1. The number of hydrogen-bond donors (Lipinski definition) is 7. The van der Waals surface area contributed by atoms with E-state index in [1.165, 1.54) is 10.0 Å². The zero-order chi connectivity index (χ0) is 57.5. The summed E-state index contributed by atoms with van der Waals surface area (Å²) in [4.78, 5) is 111. The fourth-order valence-electron chi connectivity index (χ4n) is 9.47. The molecule has 4 aliphatic rings. The Morgan fingerprint density at radius 3 is 2.11 bits per heavy atom. The van der Waals surface area contributed by atoms with Crippen LogP contribution < -0.4 is 26.8 Å². The molecule has 20 nitrogen and oxygen atoms in total. The molecule has 20 heteroatoms. The molecule has 4 aromatic rings. The lowest BCUT2D eigenvalue weighted by molar-refractivity contribution is -0.157. The van der Waals surface area contributed by atoms with Crippen molar-refractivity contribution in [2.45, 2.75) is 163 Å². The van der Waals surface area contributed by atoms with Gasteiger partial charge in [-0.25, -0.2) is 10.9 Å². The van der Waals surface area contributed by atoms with Crippen molar-refractivity contribution in [1.82, 2.24) is 46.8 Å². The lowest BCUT2D eigenvalue weighted by Crippen LogP contribution is -2.61. The Morgan fingerprint density at radius 1 is 0.800 bits per heavy atom. The largest absolute Gasteiger partial charge is 0.480 e. The average Bonchev–Trinajstić information content (AvgIpc) is 3.47. The normalized spacial score (nSPS) is 21.2. The number of carboxylic acids is 1. The van der Waals surface area contributed by atoms with Gasteiger partial charge >= 0.3 is 11.9 Å². The number of aliphatic hydroxyl groups excluding tert-OH is 1. The highest BCUT2D eigenvalue weighted by atomic mass is 16.5. The van der Waals surface area contributed by atoms with E-state index in [1.54, 1.807) is 33.2 Å². The highest BCUT2D eigenvalue weighted by molar-refractivity contribution is 5.93. The fourth-order valence-corrected chi connectivity index (χ4v) is 9.47. The second-order valence-corrected chi connectivity index (χ2v) is 21.4. The summed E-state index contributed by atoms with van der Waals surface area (Å²) in [7, 11) is 0. The van der Waals surface area contributed by atoms with Crippen molar-refractivity contribution >= 4 is 47.3 Å². The molecule has 2 aromatic heterocycles. The van der Waals surface area contributed by atoms with Crippen LogP contribution >= 0.6 is 0 Å². The van der Waals surface area contributed by atoms with E-state index < -0.39 is 72.1 Å². The van der Waals surface area contributed by atoms with Crippen LogP contribution in [0.4, 0.5) is 0 Å². The van der Waals surface area contributed by atoms with Crippen LogP contribution in [0.5, 0.6) is 0 Å². The third-order valence-electron chi connectivity index (χ3n) is 14.4. The zero-order valence-electron chi connectivity index (χ0n) is 46.5. The predicted octanol–water partition coefficient (Wildman–Crippen LogP) is 6.13. The minimum atomic E-state index is -1.03. The molecular weight excluding hydrogens is 1020 g/mol. The monoisotopic (exact) mass is 1100 g/mol. The molecule has 0 spiro atoms. The molecule has 0 aliphatic carbocycles. The first-order valence-electron chi connectivity index (χ1n) is 27.4. The first-order valence-corrected chi connectivity index (χ1v) is 27.4. The maximum absolute atomic E-state index is 13.1. The van der Waals surface area contributed by atoms with Crippen molar-refractivity contribution in [2.24, 2.45) is 17.8 Å². The molecule has 6 bridgehead atoms. The Kier molecular flexibility index (Phi) is 23.5. The van der Waals surface area contributed by atoms with E-state index in [4.69, 9.17) is 4.74 Å². The number of hydrogen-bond acceptors (Lipinski definition) is 14. The van der Waals surface area contributed by atoms with E-state index in [9.17, 15) is 48.6 Å². The Morgan fingerprint density at radius 2 is 1.48 bits per heavy atom. The molecule has 4 aliphatic heterocycles. The average molecular weight is 1100 g/mol. The molecular formula is C60H81N9O11. The summed E-state index contributed by atoms with van der Waals surface area (Å²) < 4.78 is 5.78. The van der Waals surface area contributed by atoms with Gasteiger partial charge in [-0.05, 0) is 125 Å². The summed E-state index contributed by atoms with van der Waals surface area (Å²) in [5.41, 5.74) is 12.4. The number of pyridine rings is 2. The van der Waals surface area contributed by atoms with E-state index in [2.05, 4.69) is 36.8 Å². The molecule has 0 radical (unpaired) electrons. The van der Waals surface area contributed by atoms with Gasteiger partial charge in [0.15, 0.2) is 0 Å². The summed E-state index contributed by atoms with van der Waals surface area (Å²) in [6.07, 6.45) is 5.99. The van der Waals surface area contributed by atoms with Gasteiger partial charge in [0.25, 0.3) is 11.8 Å². The molecule has 80 heavy (non-hydrogen) atoms. The molecule has 0 saturated carbocycles. The van der Waals surface area contributed by atoms with Crippen LogP contribution in [0.1, 0.15) is 142 Å². The van der Waals surface area contributed by atoms with E-state index in [-0.39, 0.29) is 62.0 Å². The first kappa shape index (κ1) is 63.4. The van der Waals surface area contributed by atoms with Crippen molar-refractivity contribution in [1.29, 1.82) is 0 Å². The number of ether oxygens (including phenoxy) is 1. The Labute approximate surface area is 469 Å². The molecule has 7 N–H and O–H groups in total. The number of rotatable bonds is 13. The summed E-state index contributed by atoms with van der Waals surface area (Å²) in [6.45, 7) is 14.8. The van der Waals surface area contributed by atoms with Gasteiger partial charge in [-0.1, -0.05) is 83.7 Å². The van der Waals surface area contributed by atoms with Crippen LogP contribution in [0.2, 0.25) is 0 Å². The van der Waals surface area contributed by atoms with Gasteiger partial charge in [-0.3, -0.25) is 58.3 Å². The maximum Gasteiger partial charge on any atom is 0.325 e. The third-order valence-corrected chi connectivity index (χ3v) is 14.4. The number of esters is 1. The quantitative estimate of drug-likeness (QED) is 0.0742. The number of hydrazine groups is 2. The minimum Gasteiger partial charge on any atom is -0.480 e. The Balaban J connectivity index is 0.000000290. The number of carbonyl (C=O) groups excluding carboxylic acids is 7. The van der Waals surface area contributed by atoms with Crippen molar-refractivity contribution in [3.8, 4) is 22.5 Å². The third kappa shape index (κ3) is 17.8. The summed E-state index contributed by atoms with van der Waals surface area (Å²) in [5, 5.41) is 29.9. The van der Waals surface area contributed by atoms with Crippen LogP contribution in [0.15, 0.2) is 85.2 Å².